The van der Waals surface area contributed by atoms with Gasteiger partial charge in [0.2, 0.25) is 6.79 Å². The van der Waals surface area contributed by atoms with Crippen molar-refractivity contribution < 1.29 is 19.0 Å². The SMILES string of the molecule is CCOC(=O)C1=C(c2ccccc2)N=c2s/c(=C/c3cc(C)n(-c4cccc(C)c4)c3C)c(=O)n2[C@H]1c1ccc2c(c1)OCO2. The highest BCUT2D eigenvalue weighted by molar-refractivity contribution is 7.07. The van der Waals surface area contributed by atoms with Crippen molar-refractivity contribution in [1.82, 2.24) is 9.13 Å². The molecule has 2 aliphatic rings. The van der Waals surface area contributed by atoms with Crippen molar-refractivity contribution in [3.63, 3.8) is 0 Å². The van der Waals surface area contributed by atoms with E-state index in [-0.39, 0.29) is 19.0 Å². The van der Waals surface area contributed by atoms with Crippen molar-refractivity contribution in [2.45, 2.75) is 33.7 Å². The van der Waals surface area contributed by atoms with E-state index in [1.807, 2.05) is 54.6 Å². The molecule has 2 aromatic heterocycles. The topological polar surface area (TPSA) is 84.1 Å². The van der Waals surface area contributed by atoms with Crippen LogP contribution in [-0.2, 0) is 9.53 Å². The quantitative estimate of drug-likeness (QED) is 0.239. The summed E-state index contributed by atoms with van der Waals surface area (Å²) in [4.78, 5) is 33.6. The second-order valence-electron chi connectivity index (χ2n) is 11.0. The Balaban J connectivity index is 1.47. The number of rotatable bonds is 6. The largest absolute Gasteiger partial charge is 0.463 e. The first-order chi connectivity index (χ1) is 21.8. The maximum absolute atomic E-state index is 14.4. The van der Waals surface area contributed by atoms with E-state index in [1.165, 1.54) is 16.9 Å². The fourth-order valence-electron chi connectivity index (χ4n) is 6.08. The molecule has 0 spiro atoms. The van der Waals surface area contributed by atoms with Crippen LogP contribution in [0.1, 0.15) is 46.6 Å². The van der Waals surface area contributed by atoms with Gasteiger partial charge in [-0.2, -0.15) is 0 Å². The minimum absolute atomic E-state index is 0.109. The summed E-state index contributed by atoms with van der Waals surface area (Å²) in [5, 5.41) is 0. The lowest BCUT2D eigenvalue weighted by Gasteiger charge is -2.26. The van der Waals surface area contributed by atoms with Crippen molar-refractivity contribution in [1.29, 1.82) is 0 Å². The number of esters is 1. The summed E-state index contributed by atoms with van der Waals surface area (Å²) in [6, 6.07) is 24.6. The normalized spacial score (nSPS) is 15.6. The maximum Gasteiger partial charge on any atom is 0.338 e. The third-order valence-electron chi connectivity index (χ3n) is 8.10. The molecule has 2 aliphatic heterocycles. The number of carbonyl (C=O) groups excluding carboxylic acids is 1. The highest BCUT2D eigenvalue weighted by Gasteiger charge is 2.36. The summed E-state index contributed by atoms with van der Waals surface area (Å²) in [7, 11) is 0. The molecule has 4 heterocycles. The van der Waals surface area contributed by atoms with E-state index in [9.17, 15) is 9.59 Å². The monoisotopic (exact) mass is 617 g/mol. The number of fused-ring (bicyclic) bond motifs is 2. The number of benzene rings is 3. The fraction of sp³-hybridized carbons (Fsp3) is 0.194. The second kappa shape index (κ2) is 11.4. The standard InChI is InChI=1S/C36H31N3O5S/c1-5-42-35(41)31-32(24-11-7-6-8-12-24)37-36-39(33(31)25-14-15-28-29(18-25)44-20-43-28)34(40)30(45-36)19-26-17-22(3)38(23(26)4)27-13-9-10-21(2)16-27/h6-19,33H,5,20H2,1-4H3/b30-19+/t33-/m0/s1. The van der Waals surface area contributed by atoms with E-state index in [1.54, 1.807) is 17.6 Å². The van der Waals surface area contributed by atoms with Gasteiger partial charge in [-0.15, -0.1) is 0 Å². The Hall–Kier alpha value is -5.15. The molecular formula is C36H31N3O5S. The minimum atomic E-state index is -0.799. The number of hydrogen-bond acceptors (Lipinski definition) is 7. The summed E-state index contributed by atoms with van der Waals surface area (Å²) < 4.78 is 21.1. The van der Waals surface area contributed by atoms with Gasteiger partial charge < -0.3 is 18.8 Å². The number of nitrogens with zero attached hydrogens (tertiary/aromatic N) is 3. The average molecular weight is 618 g/mol. The van der Waals surface area contributed by atoms with Gasteiger partial charge in [0.05, 0.1) is 28.5 Å². The van der Waals surface area contributed by atoms with Gasteiger partial charge in [-0.25, -0.2) is 9.79 Å². The lowest BCUT2D eigenvalue weighted by Crippen LogP contribution is -2.40. The molecule has 1 atom stereocenters. The molecule has 7 rings (SSSR count). The van der Waals surface area contributed by atoms with Gasteiger partial charge in [-0.05, 0) is 80.8 Å². The lowest BCUT2D eigenvalue weighted by atomic mass is 9.93. The van der Waals surface area contributed by atoms with Crippen molar-refractivity contribution in [2.24, 2.45) is 4.99 Å². The highest BCUT2D eigenvalue weighted by atomic mass is 32.1. The number of aromatic nitrogens is 2. The molecule has 0 unspecified atom stereocenters. The molecule has 8 nitrogen and oxygen atoms in total. The third-order valence-corrected chi connectivity index (χ3v) is 9.09. The van der Waals surface area contributed by atoms with Crippen molar-refractivity contribution >= 4 is 29.1 Å². The Morgan fingerprint density at radius 1 is 1.00 bits per heavy atom. The summed E-state index contributed by atoms with van der Waals surface area (Å²) >= 11 is 1.31. The Morgan fingerprint density at radius 3 is 2.58 bits per heavy atom. The zero-order valence-corrected chi connectivity index (χ0v) is 26.2. The second-order valence-corrected chi connectivity index (χ2v) is 12.1. The van der Waals surface area contributed by atoms with Crippen LogP contribution < -0.4 is 24.4 Å². The van der Waals surface area contributed by atoms with E-state index in [0.717, 1.165) is 28.2 Å². The van der Waals surface area contributed by atoms with Gasteiger partial charge in [0.25, 0.3) is 5.56 Å². The van der Waals surface area contributed by atoms with Gasteiger partial charge >= 0.3 is 5.97 Å². The van der Waals surface area contributed by atoms with Gasteiger partial charge in [-0.3, -0.25) is 9.36 Å². The van der Waals surface area contributed by atoms with E-state index in [4.69, 9.17) is 19.2 Å². The first kappa shape index (κ1) is 28.6. The molecule has 0 bridgehead atoms. The molecule has 226 valence electrons. The summed E-state index contributed by atoms with van der Waals surface area (Å²) in [6.07, 6.45) is 1.92. The van der Waals surface area contributed by atoms with Gasteiger partial charge in [-0.1, -0.05) is 59.9 Å². The smallest absolute Gasteiger partial charge is 0.338 e. The molecule has 0 saturated carbocycles. The Bertz CT molecular complexity index is 2190. The van der Waals surface area contributed by atoms with Crippen molar-refractivity contribution in [2.75, 3.05) is 13.4 Å². The van der Waals surface area contributed by atoms with Crippen LogP contribution in [0.25, 0.3) is 17.5 Å². The van der Waals surface area contributed by atoms with Crippen molar-refractivity contribution in [3.05, 3.63) is 138 Å². The van der Waals surface area contributed by atoms with Crippen LogP contribution in [0.2, 0.25) is 0 Å². The molecule has 0 aliphatic carbocycles. The first-order valence-electron chi connectivity index (χ1n) is 14.8. The third kappa shape index (κ3) is 4.99. The molecule has 0 amide bonds. The molecular weight excluding hydrogens is 586 g/mol. The molecule has 0 radical (unpaired) electrons. The van der Waals surface area contributed by atoms with Crippen LogP contribution in [0, 0.1) is 20.8 Å². The van der Waals surface area contributed by atoms with E-state index in [2.05, 4.69) is 49.6 Å². The van der Waals surface area contributed by atoms with Crippen LogP contribution >= 0.6 is 11.3 Å². The Kier molecular flexibility index (Phi) is 7.25. The zero-order valence-electron chi connectivity index (χ0n) is 25.4. The predicted octanol–water partition coefficient (Wildman–Crippen LogP) is 5.38. The molecule has 0 saturated heterocycles. The van der Waals surface area contributed by atoms with E-state index < -0.39 is 12.0 Å². The number of hydrogen-bond donors (Lipinski definition) is 0. The number of ether oxygens (including phenoxy) is 3. The van der Waals surface area contributed by atoms with Crippen LogP contribution in [0.4, 0.5) is 0 Å². The maximum atomic E-state index is 14.4. The van der Waals surface area contributed by atoms with Crippen molar-refractivity contribution in [3.8, 4) is 17.2 Å². The number of carbonyl (C=O) groups is 1. The summed E-state index contributed by atoms with van der Waals surface area (Å²) in [5.74, 6) is 0.638. The minimum Gasteiger partial charge on any atom is -0.463 e. The van der Waals surface area contributed by atoms with E-state index in [0.29, 0.717) is 37.7 Å². The summed E-state index contributed by atoms with van der Waals surface area (Å²) in [6.45, 7) is 8.24. The molecule has 9 heteroatoms. The lowest BCUT2D eigenvalue weighted by molar-refractivity contribution is -0.138. The van der Waals surface area contributed by atoms with Crippen LogP contribution in [0.5, 0.6) is 11.5 Å². The van der Waals surface area contributed by atoms with Crippen LogP contribution in [0.3, 0.4) is 0 Å². The summed E-state index contributed by atoms with van der Waals surface area (Å²) in [5.41, 5.74) is 7.23. The van der Waals surface area contributed by atoms with Gasteiger partial charge in [0.15, 0.2) is 16.3 Å². The molecule has 0 N–H and O–H groups in total. The first-order valence-corrected chi connectivity index (χ1v) is 15.6. The molecule has 3 aromatic carbocycles. The van der Waals surface area contributed by atoms with E-state index >= 15 is 0 Å². The Labute approximate surface area is 263 Å². The van der Waals surface area contributed by atoms with Gasteiger partial charge in [0.1, 0.15) is 0 Å². The predicted molar refractivity (Wildman–Crippen MR) is 174 cm³/mol. The van der Waals surface area contributed by atoms with Gasteiger partial charge in [0, 0.05) is 22.6 Å². The zero-order chi connectivity index (χ0) is 31.2. The average Bonchev–Trinajstić information content (AvgIpc) is 3.71. The number of thiazole rings is 1. The Morgan fingerprint density at radius 2 is 1.80 bits per heavy atom. The fourth-order valence-corrected chi connectivity index (χ4v) is 7.07. The highest BCUT2D eigenvalue weighted by Crippen LogP contribution is 2.40. The number of aryl methyl sites for hydroxylation is 2. The molecule has 5 aromatic rings. The molecule has 45 heavy (non-hydrogen) atoms. The van der Waals surface area contributed by atoms with Crippen LogP contribution in [0.15, 0.2) is 94.2 Å². The van der Waals surface area contributed by atoms with Crippen LogP contribution in [-0.4, -0.2) is 28.5 Å². The molecule has 0 fully saturated rings.